The molecule has 0 amide bonds. The summed E-state index contributed by atoms with van der Waals surface area (Å²) in [6.07, 6.45) is 8.51. The normalized spacial score (nSPS) is 8.95. The van der Waals surface area contributed by atoms with Crippen LogP contribution in [-0.4, -0.2) is 48.9 Å². The quantitative estimate of drug-likeness (QED) is 0.394. The Bertz CT molecular complexity index is 198. The van der Waals surface area contributed by atoms with Gasteiger partial charge in [0.15, 0.2) is 0 Å². The molecule has 0 fully saturated rings. The average molecular weight is 519 g/mol. The minimum Gasteiger partial charge on any atom is -0.543 e. The van der Waals surface area contributed by atoms with Gasteiger partial charge in [-0.25, -0.2) is 0 Å². The van der Waals surface area contributed by atoms with Gasteiger partial charge in [-0.3, -0.25) is 0 Å². The molecular weight excluding hydrogens is 489 g/mol. The topological polar surface area (TPSA) is 80.3 Å². The van der Waals surface area contributed by atoms with E-state index in [2.05, 4.69) is 41.5 Å². The van der Waals surface area contributed by atoms with E-state index in [0.717, 1.165) is 0 Å². The molecule has 0 aromatic rings. The van der Waals surface area contributed by atoms with E-state index in [1.165, 1.54) is 37.0 Å². The molecular formula is C14H30O4P2Pt. The SMILES string of the molecule is CCP(CC)CC.CCP(CC)CC.O=C([O-])C(=O)[O-].[Pt+2]. The molecule has 0 radical (unpaired) electrons. The van der Waals surface area contributed by atoms with Crippen molar-refractivity contribution >= 4 is 27.8 Å². The van der Waals surface area contributed by atoms with Gasteiger partial charge >= 0.3 is 21.1 Å². The van der Waals surface area contributed by atoms with E-state index < -0.39 is 11.9 Å². The summed E-state index contributed by atoms with van der Waals surface area (Å²) < 4.78 is 0. The van der Waals surface area contributed by atoms with Crippen LogP contribution in [-0.2, 0) is 30.7 Å². The molecule has 0 atom stereocenters. The molecule has 0 N–H and O–H groups in total. The molecule has 21 heavy (non-hydrogen) atoms. The van der Waals surface area contributed by atoms with Gasteiger partial charge in [-0.1, -0.05) is 41.5 Å². The molecule has 0 rings (SSSR count). The summed E-state index contributed by atoms with van der Waals surface area (Å²) in [6.45, 7) is 13.7. The van der Waals surface area contributed by atoms with Gasteiger partial charge in [-0.15, -0.1) is 15.8 Å². The summed E-state index contributed by atoms with van der Waals surface area (Å²) in [5, 5.41) is 17.9. The number of carbonyl (C=O) groups excluding carboxylic acids is 2. The van der Waals surface area contributed by atoms with Crippen LogP contribution in [0.5, 0.6) is 0 Å². The first-order valence-corrected chi connectivity index (χ1v) is 11.0. The number of carboxylic acid groups (broad SMARTS) is 2. The number of hydrogen-bond donors (Lipinski definition) is 0. The van der Waals surface area contributed by atoms with E-state index in [-0.39, 0.29) is 21.1 Å². The zero-order valence-corrected chi connectivity index (χ0v) is 18.1. The Kier molecular flexibility index (Phi) is 32.0. The van der Waals surface area contributed by atoms with Crippen LogP contribution in [0.15, 0.2) is 0 Å². The Morgan fingerprint density at radius 1 is 0.619 bits per heavy atom. The summed E-state index contributed by atoms with van der Waals surface area (Å²) in [4.78, 5) is 17.9. The smallest absolute Gasteiger partial charge is 0.543 e. The zero-order valence-electron chi connectivity index (χ0n) is 14.1. The first-order valence-electron chi connectivity index (χ1n) is 7.21. The van der Waals surface area contributed by atoms with Gasteiger partial charge in [0.05, 0.1) is 11.9 Å². The van der Waals surface area contributed by atoms with E-state index in [4.69, 9.17) is 19.8 Å². The van der Waals surface area contributed by atoms with Gasteiger partial charge in [0.25, 0.3) is 0 Å². The maximum atomic E-state index is 8.93. The fourth-order valence-corrected chi connectivity index (χ4v) is 4.02. The van der Waals surface area contributed by atoms with Gasteiger partial charge < -0.3 is 19.8 Å². The standard InChI is InChI=1S/2C6H15P.C2H2O4.Pt/c2*1-4-7(5-2)6-3;3-1(4)2(5)6;/h2*4-6H2,1-3H3;(H,3,4)(H,5,6);/q;;;+2/p-2. The van der Waals surface area contributed by atoms with E-state index in [1.807, 2.05) is 0 Å². The predicted octanol–water partition coefficient (Wildman–Crippen LogP) is 1.54. The molecule has 0 aliphatic carbocycles. The van der Waals surface area contributed by atoms with E-state index >= 15 is 0 Å². The first-order chi connectivity index (χ1) is 9.33. The fourth-order valence-electron chi connectivity index (χ4n) is 1.34. The van der Waals surface area contributed by atoms with Crippen molar-refractivity contribution < 1.29 is 40.9 Å². The molecule has 0 aromatic heterocycles. The van der Waals surface area contributed by atoms with Gasteiger partial charge in [0.2, 0.25) is 0 Å². The predicted molar refractivity (Wildman–Crippen MR) is 87.1 cm³/mol. The summed E-state index contributed by atoms with van der Waals surface area (Å²) in [5.74, 6) is -4.37. The summed E-state index contributed by atoms with van der Waals surface area (Å²) in [5.41, 5.74) is 0. The Balaban J connectivity index is -0.000000101. The van der Waals surface area contributed by atoms with E-state index in [0.29, 0.717) is 15.8 Å². The van der Waals surface area contributed by atoms with Crippen LogP contribution in [0.4, 0.5) is 0 Å². The maximum absolute atomic E-state index is 8.93. The Labute approximate surface area is 147 Å². The third-order valence-electron chi connectivity index (χ3n) is 2.85. The summed E-state index contributed by atoms with van der Waals surface area (Å²) >= 11 is 0. The number of carboxylic acids is 2. The molecule has 4 nitrogen and oxygen atoms in total. The van der Waals surface area contributed by atoms with E-state index in [9.17, 15) is 0 Å². The van der Waals surface area contributed by atoms with Crippen molar-refractivity contribution in [3.05, 3.63) is 0 Å². The second kappa shape index (κ2) is 22.8. The number of carbonyl (C=O) groups is 2. The third-order valence-corrected chi connectivity index (χ3v) is 8.22. The van der Waals surface area contributed by atoms with Crippen LogP contribution in [0.2, 0.25) is 0 Å². The molecule has 0 unspecified atom stereocenters. The van der Waals surface area contributed by atoms with Gasteiger partial charge in [-0.05, 0) is 37.0 Å². The molecule has 0 aromatic carbocycles. The van der Waals surface area contributed by atoms with Crippen LogP contribution < -0.4 is 10.2 Å². The van der Waals surface area contributed by atoms with Crippen molar-refractivity contribution in [2.75, 3.05) is 37.0 Å². The van der Waals surface area contributed by atoms with Crippen molar-refractivity contribution in [3.8, 4) is 0 Å². The molecule has 0 saturated carbocycles. The van der Waals surface area contributed by atoms with Crippen molar-refractivity contribution in [2.24, 2.45) is 0 Å². The Morgan fingerprint density at radius 3 is 0.762 bits per heavy atom. The van der Waals surface area contributed by atoms with Crippen LogP contribution in [0.3, 0.4) is 0 Å². The molecule has 0 spiro atoms. The second-order valence-electron chi connectivity index (χ2n) is 3.81. The van der Waals surface area contributed by atoms with Crippen LogP contribution in [0, 0.1) is 0 Å². The molecule has 130 valence electrons. The monoisotopic (exact) mass is 519 g/mol. The molecule has 0 aliphatic heterocycles. The summed E-state index contributed by atoms with van der Waals surface area (Å²) in [7, 11) is 0.892. The van der Waals surface area contributed by atoms with Crippen molar-refractivity contribution in [1.29, 1.82) is 0 Å². The first kappa shape index (κ1) is 29.5. The number of rotatable bonds is 6. The van der Waals surface area contributed by atoms with Gasteiger partial charge in [0.1, 0.15) is 0 Å². The maximum Gasteiger partial charge on any atom is 2.00 e. The van der Waals surface area contributed by atoms with Crippen LogP contribution >= 0.6 is 15.8 Å². The Morgan fingerprint density at radius 2 is 0.762 bits per heavy atom. The van der Waals surface area contributed by atoms with Crippen molar-refractivity contribution in [1.82, 2.24) is 0 Å². The zero-order chi connectivity index (χ0) is 16.6. The molecule has 0 aliphatic rings. The van der Waals surface area contributed by atoms with E-state index in [1.54, 1.807) is 0 Å². The fraction of sp³-hybridized carbons (Fsp3) is 0.857. The molecule has 0 heterocycles. The number of aliphatic carboxylic acids is 2. The summed E-state index contributed by atoms with van der Waals surface area (Å²) in [6, 6.07) is 0. The average Bonchev–Trinajstić information content (AvgIpc) is 2.44. The van der Waals surface area contributed by atoms with Gasteiger partial charge in [-0.2, -0.15) is 0 Å². The van der Waals surface area contributed by atoms with Crippen molar-refractivity contribution in [3.63, 3.8) is 0 Å². The van der Waals surface area contributed by atoms with Crippen LogP contribution in [0.1, 0.15) is 41.5 Å². The van der Waals surface area contributed by atoms with Crippen molar-refractivity contribution in [2.45, 2.75) is 41.5 Å². The Hall–Kier alpha value is 0.488. The number of hydrogen-bond acceptors (Lipinski definition) is 4. The second-order valence-corrected chi connectivity index (χ2v) is 10.3. The minimum atomic E-state index is -2.19. The van der Waals surface area contributed by atoms with Gasteiger partial charge in [0, 0.05) is 0 Å². The molecule has 7 heteroatoms. The molecule has 0 bridgehead atoms. The third kappa shape index (κ3) is 25.8. The minimum absolute atomic E-state index is 0. The molecule has 0 saturated heterocycles. The van der Waals surface area contributed by atoms with Crippen LogP contribution in [0.25, 0.3) is 0 Å². The largest absolute Gasteiger partial charge is 2.00 e.